The van der Waals surface area contributed by atoms with Crippen LogP contribution in [0.15, 0.2) is 29.4 Å². The number of nitrogens with zero attached hydrogens (tertiary/aromatic N) is 1. The lowest BCUT2D eigenvalue weighted by atomic mass is 10.2. The van der Waals surface area contributed by atoms with Gasteiger partial charge in [0.25, 0.3) is 0 Å². The van der Waals surface area contributed by atoms with Crippen molar-refractivity contribution >= 4 is 5.71 Å². The van der Waals surface area contributed by atoms with E-state index in [4.69, 9.17) is 0 Å². The molecule has 0 spiro atoms. The number of hydrogen-bond donors (Lipinski definition) is 0. The van der Waals surface area contributed by atoms with Gasteiger partial charge in [0.05, 0.1) is 0 Å². The van der Waals surface area contributed by atoms with Crippen LogP contribution in [0, 0.1) is 0 Å². The van der Waals surface area contributed by atoms with Gasteiger partial charge in [-0.15, -0.1) is 0 Å². The molecule has 68 valence electrons. The van der Waals surface area contributed by atoms with E-state index in [-0.39, 0.29) is 0 Å². The Balaban J connectivity index is 4.13. The number of hydrogen-bond acceptors (Lipinski definition) is 1. The van der Waals surface area contributed by atoms with Crippen molar-refractivity contribution in [3.8, 4) is 0 Å². The van der Waals surface area contributed by atoms with Crippen molar-refractivity contribution in [3.05, 3.63) is 24.4 Å². The van der Waals surface area contributed by atoms with Crippen molar-refractivity contribution < 1.29 is 0 Å². The van der Waals surface area contributed by atoms with Crippen LogP contribution in [-0.4, -0.2) is 5.71 Å². The minimum atomic E-state index is 1.05. The number of aliphatic imine (C=N–C) groups is 1. The van der Waals surface area contributed by atoms with Crippen LogP contribution in [0.4, 0.5) is 0 Å². The Morgan fingerprint density at radius 3 is 2.58 bits per heavy atom. The molecule has 1 nitrogen and oxygen atoms in total. The Bertz CT molecular complexity index is 187. The minimum Gasteiger partial charge on any atom is -0.259 e. The van der Waals surface area contributed by atoms with E-state index in [1.165, 1.54) is 12.8 Å². The smallest absolute Gasteiger partial charge is 0.0400 e. The van der Waals surface area contributed by atoms with Gasteiger partial charge in [-0.25, -0.2) is 0 Å². The molecular weight excluding hydrogens is 146 g/mol. The topological polar surface area (TPSA) is 12.4 Å². The van der Waals surface area contributed by atoms with E-state index >= 15 is 0 Å². The largest absolute Gasteiger partial charge is 0.259 e. The fraction of sp³-hybridized carbons (Fsp3) is 0.545. The zero-order valence-electron chi connectivity index (χ0n) is 8.43. The van der Waals surface area contributed by atoms with E-state index < -0.39 is 0 Å². The summed E-state index contributed by atoms with van der Waals surface area (Å²) < 4.78 is 0. The fourth-order valence-electron chi connectivity index (χ4n) is 0.853. The van der Waals surface area contributed by atoms with Crippen molar-refractivity contribution in [3.63, 3.8) is 0 Å². The standard InChI is InChI=1S/C11H19N/c1-5-8-9-11(7-3)12-10(4)6-2/h6-7H,3,5,8-9H2,1-2,4H3/b10-6-,12-11?. The van der Waals surface area contributed by atoms with Gasteiger partial charge in [-0.3, -0.25) is 4.99 Å². The summed E-state index contributed by atoms with van der Waals surface area (Å²) in [5.74, 6) is 0. The Hall–Kier alpha value is -0.850. The van der Waals surface area contributed by atoms with E-state index in [1.807, 2.05) is 26.0 Å². The van der Waals surface area contributed by atoms with Gasteiger partial charge in [0.15, 0.2) is 0 Å². The van der Waals surface area contributed by atoms with Crippen LogP contribution in [-0.2, 0) is 0 Å². The van der Waals surface area contributed by atoms with E-state index in [9.17, 15) is 0 Å². The average Bonchev–Trinajstić information content (AvgIpc) is 2.11. The highest BCUT2D eigenvalue weighted by atomic mass is 14.7. The van der Waals surface area contributed by atoms with Crippen molar-refractivity contribution in [2.45, 2.75) is 40.0 Å². The maximum absolute atomic E-state index is 4.41. The lowest BCUT2D eigenvalue weighted by molar-refractivity contribution is 0.835. The molecule has 0 radical (unpaired) electrons. The monoisotopic (exact) mass is 165 g/mol. The molecule has 1 heteroatoms. The highest BCUT2D eigenvalue weighted by Gasteiger charge is 1.92. The third-order valence-electron chi connectivity index (χ3n) is 1.76. The Morgan fingerprint density at radius 1 is 1.50 bits per heavy atom. The number of unbranched alkanes of at least 4 members (excludes halogenated alkanes) is 1. The molecule has 0 aromatic rings. The fourth-order valence-corrected chi connectivity index (χ4v) is 0.853. The van der Waals surface area contributed by atoms with Crippen molar-refractivity contribution in [2.24, 2.45) is 4.99 Å². The van der Waals surface area contributed by atoms with E-state index in [1.54, 1.807) is 0 Å². The maximum atomic E-state index is 4.41. The van der Waals surface area contributed by atoms with Gasteiger partial charge in [0, 0.05) is 11.4 Å². The number of rotatable bonds is 5. The molecule has 0 saturated heterocycles. The van der Waals surface area contributed by atoms with E-state index in [0.29, 0.717) is 0 Å². The second-order valence-electron chi connectivity index (χ2n) is 2.84. The second kappa shape index (κ2) is 6.84. The first kappa shape index (κ1) is 11.2. The summed E-state index contributed by atoms with van der Waals surface area (Å²) in [6.45, 7) is 9.94. The lowest BCUT2D eigenvalue weighted by Gasteiger charge is -1.99. The van der Waals surface area contributed by atoms with Gasteiger partial charge in [0.2, 0.25) is 0 Å². The molecule has 0 bridgehead atoms. The summed E-state index contributed by atoms with van der Waals surface area (Å²) in [5, 5.41) is 0. The zero-order valence-corrected chi connectivity index (χ0v) is 8.43. The van der Waals surface area contributed by atoms with Crippen LogP contribution in [0.1, 0.15) is 40.0 Å². The quantitative estimate of drug-likeness (QED) is 0.550. The molecule has 0 atom stereocenters. The van der Waals surface area contributed by atoms with Crippen molar-refractivity contribution in [2.75, 3.05) is 0 Å². The van der Waals surface area contributed by atoms with Gasteiger partial charge < -0.3 is 0 Å². The van der Waals surface area contributed by atoms with Crippen LogP contribution < -0.4 is 0 Å². The molecule has 0 saturated carbocycles. The molecule has 0 aliphatic carbocycles. The summed E-state index contributed by atoms with van der Waals surface area (Å²) in [4.78, 5) is 4.41. The Kier molecular flexibility index (Phi) is 6.35. The molecule has 0 aromatic carbocycles. The molecule has 0 aromatic heterocycles. The molecule has 12 heavy (non-hydrogen) atoms. The predicted molar refractivity (Wildman–Crippen MR) is 56.6 cm³/mol. The van der Waals surface area contributed by atoms with Crippen molar-refractivity contribution in [1.82, 2.24) is 0 Å². The summed E-state index contributed by atoms with van der Waals surface area (Å²) in [7, 11) is 0. The summed E-state index contributed by atoms with van der Waals surface area (Å²) in [6, 6.07) is 0. The first-order valence-corrected chi connectivity index (χ1v) is 4.57. The molecule has 0 rings (SSSR count). The summed E-state index contributed by atoms with van der Waals surface area (Å²) in [6.07, 6.45) is 7.31. The zero-order chi connectivity index (χ0) is 9.40. The highest BCUT2D eigenvalue weighted by Crippen LogP contribution is 2.02. The SMILES string of the molecule is C=CC(CCCC)=N/C(C)=C\C. The maximum Gasteiger partial charge on any atom is 0.0400 e. The van der Waals surface area contributed by atoms with Gasteiger partial charge in [0.1, 0.15) is 0 Å². The van der Waals surface area contributed by atoms with Crippen LogP contribution in [0.5, 0.6) is 0 Å². The summed E-state index contributed by atoms with van der Waals surface area (Å²) in [5.41, 5.74) is 2.17. The normalized spacial score (nSPS) is 13.2. The molecule has 0 fully saturated rings. The Morgan fingerprint density at radius 2 is 2.17 bits per heavy atom. The molecule has 0 N–H and O–H groups in total. The van der Waals surface area contributed by atoms with Gasteiger partial charge in [-0.1, -0.05) is 26.0 Å². The molecular formula is C11H19N. The van der Waals surface area contributed by atoms with Crippen molar-refractivity contribution in [1.29, 1.82) is 0 Å². The third kappa shape index (κ3) is 4.89. The van der Waals surface area contributed by atoms with Gasteiger partial charge in [-0.2, -0.15) is 0 Å². The van der Waals surface area contributed by atoms with Gasteiger partial charge >= 0.3 is 0 Å². The Labute approximate surface area is 75.9 Å². The third-order valence-corrected chi connectivity index (χ3v) is 1.76. The minimum absolute atomic E-state index is 1.05. The highest BCUT2D eigenvalue weighted by molar-refractivity contribution is 5.95. The van der Waals surface area contributed by atoms with Crippen LogP contribution in [0.25, 0.3) is 0 Å². The molecule has 0 heterocycles. The van der Waals surface area contributed by atoms with Crippen LogP contribution in [0.2, 0.25) is 0 Å². The molecule has 0 aliphatic rings. The predicted octanol–water partition coefficient (Wildman–Crippen LogP) is 3.73. The first-order chi connectivity index (χ1) is 5.74. The lowest BCUT2D eigenvalue weighted by Crippen LogP contribution is -1.92. The molecule has 0 aliphatic heterocycles. The van der Waals surface area contributed by atoms with E-state index in [2.05, 4.69) is 18.5 Å². The molecule has 0 unspecified atom stereocenters. The van der Waals surface area contributed by atoms with E-state index in [0.717, 1.165) is 17.8 Å². The first-order valence-electron chi connectivity index (χ1n) is 4.57. The number of allylic oxidation sites excluding steroid dienone is 3. The second-order valence-corrected chi connectivity index (χ2v) is 2.84. The summed E-state index contributed by atoms with van der Waals surface area (Å²) >= 11 is 0. The van der Waals surface area contributed by atoms with Crippen LogP contribution >= 0.6 is 0 Å². The molecule has 0 amide bonds. The van der Waals surface area contributed by atoms with Crippen LogP contribution in [0.3, 0.4) is 0 Å². The average molecular weight is 165 g/mol. The van der Waals surface area contributed by atoms with Gasteiger partial charge in [-0.05, 0) is 32.8 Å².